The predicted molar refractivity (Wildman–Crippen MR) is 88.3 cm³/mol. The van der Waals surface area contributed by atoms with E-state index in [1.807, 2.05) is 52.0 Å². The SMILES string of the molecule is Cc1ccc(P(O)(O)(Cl)c2ccc(C)cc2C)c(C)c1. The van der Waals surface area contributed by atoms with Crippen LogP contribution < -0.4 is 10.6 Å². The molecule has 2 aromatic carbocycles. The zero-order chi connectivity index (χ0) is 15.2. The number of hydrogen-bond acceptors (Lipinski definition) is 2. The van der Waals surface area contributed by atoms with Gasteiger partial charge in [0.15, 0.2) is 0 Å². The number of halogens is 1. The molecule has 0 unspecified atom stereocenters. The number of aryl methyl sites for hydroxylation is 4. The summed E-state index contributed by atoms with van der Waals surface area (Å²) < 4.78 is 0. The van der Waals surface area contributed by atoms with E-state index in [-0.39, 0.29) is 0 Å². The van der Waals surface area contributed by atoms with Crippen molar-refractivity contribution in [3.63, 3.8) is 0 Å². The van der Waals surface area contributed by atoms with Crippen LogP contribution in [0.5, 0.6) is 0 Å². The van der Waals surface area contributed by atoms with E-state index in [1.54, 1.807) is 12.1 Å². The fourth-order valence-electron chi connectivity index (χ4n) is 2.63. The first kappa shape index (κ1) is 15.5. The molecule has 2 rings (SSSR count). The summed E-state index contributed by atoms with van der Waals surface area (Å²) in [5.41, 5.74) is 3.72. The van der Waals surface area contributed by atoms with Crippen LogP contribution in [0.1, 0.15) is 22.3 Å². The van der Waals surface area contributed by atoms with Gasteiger partial charge in [0, 0.05) is 0 Å². The van der Waals surface area contributed by atoms with Gasteiger partial charge in [-0.15, -0.1) is 0 Å². The Labute approximate surface area is 124 Å². The normalized spacial score (nSPS) is 13.8. The van der Waals surface area contributed by atoms with Crippen molar-refractivity contribution < 1.29 is 9.79 Å². The van der Waals surface area contributed by atoms with Crippen molar-refractivity contribution in [1.82, 2.24) is 0 Å². The van der Waals surface area contributed by atoms with Gasteiger partial charge in [-0.05, 0) is 0 Å². The van der Waals surface area contributed by atoms with E-state index in [0.29, 0.717) is 10.6 Å². The Bertz CT molecular complexity index is 616. The summed E-state index contributed by atoms with van der Waals surface area (Å²) in [5, 5.41) is 0.824. The molecule has 0 aliphatic carbocycles. The van der Waals surface area contributed by atoms with Crippen LogP contribution in [0.4, 0.5) is 0 Å². The third-order valence-corrected chi connectivity index (χ3v) is 7.36. The summed E-state index contributed by atoms with van der Waals surface area (Å²) >= 11 is 6.40. The molecular weight excluding hydrogens is 291 g/mol. The second-order valence-corrected chi connectivity index (χ2v) is 10.2. The molecule has 0 aromatic heterocycles. The molecule has 0 saturated heterocycles. The molecule has 20 heavy (non-hydrogen) atoms. The van der Waals surface area contributed by atoms with Crippen molar-refractivity contribution in [2.24, 2.45) is 0 Å². The number of benzene rings is 2. The fraction of sp³-hybridized carbons (Fsp3) is 0.250. The van der Waals surface area contributed by atoms with Crippen LogP contribution in [0, 0.1) is 27.7 Å². The van der Waals surface area contributed by atoms with Crippen LogP contribution >= 0.6 is 17.7 Å². The molecular formula is C16H20ClO2P. The van der Waals surface area contributed by atoms with Crippen LogP contribution in [0.3, 0.4) is 0 Å². The standard InChI is InChI=1S/C16H20ClO2P/c1-11-5-7-15(13(3)9-11)20(17,18,19)16-8-6-12(2)10-14(16)4/h5-10,18-19H,1-4H3. The first-order valence-corrected chi connectivity index (χ1v) is 9.54. The van der Waals surface area contributed by atoms with Gasteiger partial charge in [0.25, 0.3) is 0 Å². The summed E-state index contributed by atoms with van der Waals surface area (Å²) in [6, 6.07) is 11.0. The van der Waals surface area contributed by atoms with Gasteiger partial charge >= 0.3 is 124 Å². The van der Waals surface area contributed by atoms with E-state index in [0.717, 1.165) is 22.3 Å². The van der Waals surface area contributed by atoms with Crippen molar-refractivity contribution in [3.8, 4) is 0 Å². The molecule has 0 heterocycles. The first-order chi connectivity index (χ1) is 9.10. The number of rotatable bonds is 2. The summed E-state index contributed by atoms with van der Waals surface area (Å²) in [7, 11) is 0. The van der Waals surface area contributed by atoms with Gasteiger partial charge in [-0.3, -0.25) is 0 Å². The molecule has 4 heteroatoms. The Morgan fingerprint density at radius 1 is 0.750 bits per heavy atom. The molecule has 0 radical (unpaired) electrons. The van der Waals surface area contributed by atoms with Crippen LogP contribution in [0.15, 0.2) is 36.4 Å². The van der Waals surface area contributed by atoms with Gasteiger partial charge in [0.2, 0.25) is 0 Å². The molecule has 0 aliphatic heterocycles. The van der Waals surface area contributed by atoms with Gasteiger partial charge in [-0.25, -0.2) is 0 Å². The molecule has 0 aliphatic rings. The molecule has 0 fully saturated rings. The van der Waals surface area contributed by atoms with E-state index in [9.17, 15) is 9.79 Å². The van der Waals surface area contributed by atoms with Crippen molar-refractivity contribution in [2.45, 2.75) is 27.7 Å². The van der Waals surface area contributed by atoms with Crippen LogP contribution in [0.2, 0.25) is 0 Å². The van der Waals surface area contributed by atoms with Gasteiger partial charge in [0.1, 0.15) is 0 Å². The van der Waals surface area contributed by atoms with E-state index in [4.69, 9.17) is 11.2 Å². The predicted octanol–water partition coefficient (Wildman–Crippen LogP) is 3.39. The monoisotopic (exact) mass is 310 g/mol. The third-order valence-electron chi connectivity index (χ3n) is 3.56. The van der Waals surface area contributed by atoms with E-state index in [1.165, 1.54) is 0 Å². The molecule has 0 spiro atoms. The van der Waals surface area contributed by atoms with Gasteiger partial charge < -0.3 is 0 Å². The Balaban J connectivity index is 2.72. The molecule has 108 valence electrons. The molecule has 0 atom stereocenters. The second-order valence-electron chi connectivity index (χ2n) is 5.50. The maximum absolute atomic E-state index is 10.9. The van der Waals surface area contributed by atoms with Crippen LogP contribution in [-0.4, -0.2) is 9.79 Å². The Hall–Kier alpha value is -0.920. The zero-order valence-electron chi connectivity index (χ0n) is 12.2. The van der Waals surface area contributed by atoms with E-state index < -0.39 is 6.41 Å². The maximum atomic E-state index is 10.9. The quantitative estimate of drug-likeness (QED) is 0.835. The first-order valence-electron chi connectivity index (χ1n) is 6.49. The summed E-state index contributed by atoms with van der Waals surface area (Å²) in [6.45, 7) is 7.63. The topological polar surface area (TPSA) is 40.5 Å². The van der Waals surface area contributed by atoms with Crippen molar-refractivity contribution >= 4 is 28.3 Å². The molecule has 0 bridgehead atoms. The van der Waals surface area contributed by atoms with Crippen molar-refractivity contribution in [1.29, 1.82) is 0 Å². The summed E-state index contributed by atoms with van der Waals surface area (Å²) in [4.78, 5) is 21.8. The number of hydrogen-bond donors (Lipinski definition) is 2. The Morgan fingerprint density at radius 3 is 1.40 bits per heavy atom. The Kier molecular flexibility index (Phi) is 3.73. The fourth-order valence-corrected chi connectivity index (χ4v) is 6.08. The average Bonchev–Trinajstić information content (AvgIpc) is 2.26. The summed E-state index contributed by atoms with van der Waals surface area (Å²) in [5.74, 6) is 0. The zero-order valence-corrected chi connectivity index (χ0v) is 13.8. The van der Waals surface area contributed by atoms with Crippen LogP contribution in [0.25, 0.3) is 0 Å². The van der Waals surface area contributed by atoms with Crippen LogP contribution in [-0.2, 0) is 0 Å². The van der Waals surface area contributed by atoms with Gasteiger partial charge in [-0.2, -0.15) is 0 Å². The van der Waals surface area contributed by atoms with Gasteiger partial charge in [-0.1, -0.05) is 0 Å². The van der Waals surface area contributed by atoms with Gasteiger partial charge in [0.05, 0.1) is 0 Å². The molecule has 0 saturated carbocycles. The minimum atomic E-state index is -4.60. The summed E-state index contributed by atoms with van der Waals surface area (Å²) in [6.07, 6.45) is -4.60. The third kappa shape index (κ3) is 2.62. The average molecular weight is 311 g/mol. The van der Waals surface area contributed by atoms with Crippen molar-refractivity contribution in [3.05, 3.63) is 58.7 Å². The molecule has 2 nitrogen and oxygen atoms in total. The van der Waals surface area contributed by atoms with E-state index >= 15 is 0 Å². The van der Waals surface area contributed by atoms with E-state index in [2.05, 4.69) is 0 Å². The molecule has 0 amide bonds. The minimum absolute atomic E-state index is 0.412. The molecule has 2 aromatic rings. The van der Waals surface area contributed by atoms with Crippen molar-refractivity contribution in [2.75, 3.05) is 0 Å². The second kappa shape index (κ2) is 4.82. The molecule has 2 N–H and O–H groups in total. The Morgan fingerprint density at radius 2 is 1.10 bits per heavy atom.